The first kappa shape index (κ1) is 10.6. The minimum atomic E-state index is -0.0152. The Morgan fingerprint density at radius 1 is 1.40 bits per heavy atom. The minimum Gasteiger partial charge on any atom is -0.390 e. The lowest BCUT2D eigenvalue weighted by atomic mass is 9.79. The molecular formula is C11H19N3O. The number of hydrogen-bond donors (Lipinski definition) is 1. The molecule has 1 saturated carbocycles. The fourth-order valence-corrected chi connectivity index (χ4v) is 2.32. The molecule has 0 amide bonds. The summed E-state index contributed by atoms with van der Waals surface area (Å²) in [4.78, 5) is 0. The number of hydrogen-bond acceptors (Lipinski definition) is 3. The van der Waals surface area contributed by atoms with Crippen LogP contribution in [0.3, 0.4) is 0 Å². The van der Waals surface area contributed by atoms with E-state index >= 15 is 0 Å². The second kappa shape index (κ2) is 4.31. The molecule has 84 valence electrons. The average molecular weight is 209 g/mol. The van der Waals surface area contributed by atoms with Gasteiger partial charge in [-0.1, -0.05) is 19.1 Å². The molecule has 0 aliphatic heterocycles. The van der Waals surface area contributed by atoms with Crippen molar-refractivity contribution >= 4 is 0 Å². The smallest absolute Gasteiger partial charge is 0.108 e. The molecule has 15 heavy (non-hydrogen) atoms. The van der Waals surface area contributed by atoms with E-state index in [1.807, 2.05) is 10.9 Å². The molecule has 1 N–H and O–H groups in total. The Kier molecular flexibility index (Phi) is 3.05. The molecule has 1 fully saturated rings. The van der Waals surface area contributed by atoms with Gasteiger partial charge in [-0.05, 0) is 31.1 Å². The third kappa shape index (κ3) is 2.20. The van der Waals surface area contributed by atoms with E-state index in [1.54, 1.807) is 0 Å². The molecule has 1 aliphatic rings. The van der Waals surface area contributed by atoms with Crippen LogP contribution in [0, 0.1) is 11.8 Å². The van der Waals surface area contributed by atoms with Gasteiger partial charge in [-0.2, -0.15) is 0 Å². The van der Waals surface area contributed by atoms with E-state index in [4.69, 9.17) is 5.11 Å². The van der Waals surface area contributed by atoms with Crippen LogP contribution < -0.4 is 0 Å². The zero-order chi connectivity index (χ0) is 10.8. The Hall–Kier alpha value is -0.900. The number of rotatable bonds is 2. The summed E-state index contributed by atoms with van der Waals surface area (Å²) in [6, 6.07) is 0.476. The van der Waals surface area contributed by atoms with E-state index in [9.17, 15) is 0 Å². The lowest BCUT2D eigenvalue weighted by Crippen LogP contribution is -2.23. The van der Waals surface area contributed by atoms with E-state index in [1.165, 1.54) is 19.3 Å². The molecule has 0 aromatic carbocycles. The Labute approximate surface area is 90.3 Å². The Bertz CT molecular complexity index is 323. The molecule has 1 aromatic heterocycles. The molecule has 0 saturated heterocycles. The van der Waals surface area contributed by atoms with Crippen LogP contribution in [0.4, 0.5) is 0 Å². The highest BCUT2D eigenvalue weighted by atomic mass is 16.3. The van der Waals surface area contributed by atoms with Crippen molar-refractivity contribution in [2.45, 2.75) is 45.8 Å². The van der Waals surface area contributed by atoms with Crippen molar-refractivity contribution in [3.05, 3.63) is 11.9 Å². The topological polar surface area (TPSA) is 50.9 Å². The van der Waals surface area contributed by atoms with Crippen LogP contribution in [0.1, 0.15) is 44.8 Å². The van der Waals surface area contributed by atoms with Gasteiger partial charge in [-0.15, -0.1) is 5.10 Å². The van der Waals surface area contributed by atoms with Crippen molar-refractivity contribution in [3.63, 3.8) is 0 Å². The predicted molar refractivity (Wildman–Crippen MR) is 57.2 cm³/mol. The van der Waals surface area contributed by atoms with Gasteiger partial charge in [-0.3, -0.25) is 0 Å². The van der Waals surface area contributed by atoms with Crippen molar-refractivity contribution in [1.82, 2.24) is 15.0 Å². The molecule has 0 spiro atoms. The fourth-order valence-electron chi connectivity index (χ4n) is 2.32. The summed E-state index contributed by atoms with van der Waals surface area (Å²) in [6.07, 6.45) is 5.49. The average Bonchev–Trinajstić information content (AvgIpc) is 2.70. The lowest BCUT2D eigenvalue weighted by molar-refractivity contribution is 0.199. The van der Waals surface area contributed by atoms with E-state index in [0.29, 0.717) is 11.7 Å². The Morgan fingerprint density at radius 3 is 2.80 bits per heavy atom. The van der Waals surface area contributed by atoms with Gasteiger partial charge in [0, 0.05) is 0 Å². The SMILES string of the molecule is CC1CCC(n2cc(CO)nn2)CC1C. The monoisotopic (exact) mass is 209 g/mol. The standard InChI is InChI=1S/C11H19N3O/c1-8-3-4-11(5-9(8)2)14-6-10(7-15)12-13-14/h6,8-9,11,15H,3-5,7H2,1-2H3. The Morgan fingerprint density at radius 2 is 2.20 bits per heavy atom. The van der Waals surface area contributed by atoms with Crippen LogP contribution in [0.15, 0.2) is 6.20 Å². The summed E-state index contributed by atoms with van der Waals surface area (Å²) in [5.74, 6) is 1.58. The summed E-state index contributed by atoms with van der Waals surface area (Å²) in [7, 11) is 0. The van der Waals surface area contributed by atoms with Crippen LogP contribution >= 0.6 is 0 Å². The molecule has 3 atom stereocenters. The second-order valence-electron chi connectivity index (χ2n) is 4.77. The molecule has 1 aliphatic carbocycles. The summed E-state index contributed by atoms with van der Waals surface area (Å²) in [5.41, 5.74) is 0.668. The van der Waals surface area contributed by atoms with E-state index in [-0.39, 0.29) is 6.61 Å². The zero-order valence-corrected chi connectivity index (χ0v) is 9.43. The van der Waals surface area contributed by atoms with Crippen molar-refractivity contribution in [2.75, 3.05) is 0 Å². The van der Waals surface area contributed by atoms with Crippen molar-refractivity contribution in [1.29, 1.82) is 0 Å². The normalized spacial score (nSPS) is 31.8. The van der Waals surface area contributed by atoms with E-state index < -0.39 is 0 Å². The molecular weight excluding hydrogens is 190 g/mol. The van der Waals surface area contributed by atoms with Gasteiger partial charge >= 0.3 is 0 Å². The molecule has 1 heterocycles. The van der Waals surface area contributed by atoms with Crippen LogP contribution in [0.2, 0.25) is 0 Å². The first-order valence-corrected chi connectivity index (χ1v) is 5.72. The molecule has 4 nitrogen and oxygen atoms in total. The highest BCUT2D eigenvalue weighted by Crippen LogP contribution is 2.35. The van der Waals surface area contributed by atoms with Crippen molar-refractivity contribution in [3.8, 4) is 0 Å². The maximum absolute atomic E-state index is 8.93. The lowest BCUT2D eigenvalue weighted by Gasteiger charge is -2.31. The van der Waals surface area contributed by atoms with Crippen molar-refractivity contribution < 1.29 is 5.11 Å². The number of aliphatic hydroxyl groups is 1. The molecule has 4 heteroatoms. The molecule has 0 radical (unpaired) electrons. The Balaban J connectivity index is 2.05. The summed E-state index contributed by atoms with van der Waals surface area (Å²) in [6.45, 7) is 4.61. The summed E-state index contributed by atoms with van der Waals surface area (Å²) >= 11 is 0. The maximum atomic E-state index is 8.93. The van der Waals surface area contributed by atoms with Gasteiger partial charge in [0.15, 0.2) is 0 Å². The fraction of sp³-hybridized carbons (Fsp3) is 0.818. The predicted octanol–water partition coefficient (Wildman–Crippen LogP) is 1.77. The number of aromatic nitrogens is 3. The van der Waals surface area contributed by atoms with Crippen molar-refractivity contribution in [2.24, 2.45) is 11.8 Å². The molecule has 2 rings (SSSR count). The number of nitrogens with zero attached hydrogens (tertiary/aromatic N) is 3. The zero-order valence-electron chi connectivity index (χ0n) is 9.43. The first-order chi connectivity index (χ1) is 7.20. The summed E-state index contributed by atoms with van der Waals surface area (Å²) in [5, 5.41) is 16.9. The van der Waals surface area contributed by atoms with Crippen LogP contribution in [-0.4, -0.2) is 20.1 Å². The van der Waals surface area contributed by atoms with Gasteiger partial charge in [-0.25, -0.2) is 4.68 Å². The second-order valence-corrected chi connectivity index (χ2v) is 4.77. The van der Waals surface area contributed by atoms with Gasteiger partial charge in [0.05, 0.1) is 18.8 Å². The first-order valence-electron chi connectivity index (χ1n) is 5.72. The van der Waals surface area contributed by atoms with E-state index in [2.05, 4.69) is 24.2 Å². The van der Waals surface area contributed by atoms with Gasteiger partial charge in [0.1, 0.15) is 5.69 Å². The van der Waals surface area contributed by atoms with Gasteiger partial charge in [0.25, 0.3) is 0 Å². The largest absolute Gasteiger partial charge is 0.390 e. The van der Waals surface area contributed by atoms with Gasteiger partial charge < -0.3 is 5.11 Å². The van der Waals surface area contributed by atoms with Crippen LogP contribution in [0.25, 0.3) is 0 Å². The minimum absolute atomic E-state index is 0.0152. The third-order valence-electron chi connectivity index (χ3n) is 3.66. The molecule has 1 aromatic rings. The molecule has 3 unspecified atom stereocenters. The maximum Gasteiger partial charge on any atom is 0.108 e. The highest BCUT2D eigenvalue weighted by Gasteiger charge is 2.26. The summed E-state index contributed by atoms with van der Waals surface area (Å²) < 4.78 is 1.92. The molecule has 0 bridgehead atoms. The quantitative estimate of drug-likeness (QED) is 0.807. The van der Waals surface area contributed by atoms with Crippen LogP contribution in [-0.2, 0) is 6.61 Å². The third-order valence-corrected chi connectivity index (χ3v) is 3.66. The van der Waals surface area contributed by atoms with Crippen LogP contribution in [0.5, 0.6) is 0 Å². The number of aliphatic hydroxyl groups excluding tert-OH is 1. The van der Waals surface area contributed by atoms with Gasteiger partial charge in [0.2, 0.25) is 0 Å². The van der Waals surface area contributed by atoms with E-state index in [0.717, 1.165) is 11.8 Å². The highest BCUT2D eigenvalue weighted by molar-refractivity contribution is 4.92.